The molecule has 122 valence electrons. The number of benzene rings is 1. The van der Waals surface area contributed by atoms with Crippen molar-refractivity contribution in [1.82, 2.24) is 10.2 Å². The number of rotatable bonds is 4. The van der Waals surface area contributed by atoms with Gasteiger partial charge < -0.3 is 5.32 Å². The van der Waals surface area contributed by atoms with Crippen LogP contribution in [0.25, 0.3) is 0 Å². The maximum atomic E-state index is 12.6. The maximum Gasteiger partial charge on any atom is 0.225 e. The molecule has 1 N–H and O–H groups in total. The Hall–Kier alpha value is -1.51. The zero-order valence-electron chi connectivity index (χ0n) is 13.3. The van der Waals surface area contributed by atoms with Crippen molar-refractivity contribution in [3.8, 4) is 6.07 Å². The highest BCUT2D eigenvalue weighted by Crippen LogP contribution is 2.28. The molecule has 1 aromatic rings. The van der Waals surface area contributed by atoms with Crippen LogP contribution in [0.4, 0.5) is 0 Å². The summed E-state index contributed by atoms with van der Waals surface area (Å²) in [6.07, 6.45) is 2.73. The summed E-state index contributed by atoms with van der Waals surface area (Å²) < 4.78 is 0. The number of thioether (sulfide) groups is 1. The molecule has 1 aromatic carbocycles. The number of hydrogen-bond acceptors (Lipinski definition) is 4. The molecule has 0 unspecified atom stereocenters. The first-order chi connectivity index (χ1) is 11.2. The van der Waals surface area contributed by atoms with Crippen molar-refractivity contribution in [1.29, 1.82) is 5.26 Å². The normalized spacial score (nSPS) is 28.2. The molecule has 1 amide bonds. The number of likely N-dealkylation sites (tertiary alicyclic amines) is 1. The molecule has 0 aromatic heterocycles. The van der Waals surface area contributed by atoms with E-state index in [-0.39, 0.29) is 11.8 Å². The molecule has 0 bridgehead atoms. The minimum atomic E-state index is -0.635. The van der Waals surface area contributed by atoms with Crippen LogP contribution < -0.4 is 5.32 Å². The summed E-state index contributed by atoms with van der Waals surface area (Å²) in [5.41, 5.74) is 0.651. The van der Waals surface area contributed by atoms with Gasteiger partial charge in [-0.2, -0.15) is 17.0 Å². The first-order valence-electron chi connectivity index (χ1n) is 8.28. The van der Waals surface area contributed by atoms with E-state index >= 15 is 0 Å². The maximum absolute atomic E-state index is 12.6. The molecule has 4 nitrogen and oxygen atoms in total. The molecule has 2 heterocycles. The van der Waals surface area contributed by atoms with Crippen molar-refractivity contribution < 1.29 is 4.79 Å². The monoisotopic (exact) mass is 329 g/mol. The Kier molecular flexibility index (Phi) is 5.24. The van der Waals surface area contributed by atoms with Gasteiger partial charge in [0.1, 0.15) is 5.54 Å². The van der Waals surface area contributed by atoms with Crippen LogP contribution in [0, 0.1) is 17.2 Å². The van der Waals surface area contributed by atoms with Gasteiger partial charge in [-0.15, -0.1) is 0 Å². The average Bonchev–Trinajstić information content (AvgIpc) is 3.05. The van der Waals surface area contributed by atoms with Gasteiger partial charge in [0.05, 0.1) is 12.0 Å². The third-order valence-corrected chi connectivity index (χ3v) is 5.91. The molecular formula is C18H23N3OS. The SMILES string of the molecule is N#C[C@@]1(NC(=O)[C@@H]2CCCN(Cc3ccccc3)C2)CCSC1. The van der Waals surface area contributed by atoms with E-state index in [2.05, 4.69) is 40.6 Å². The van der Waals surface area contributed by atoms with E-state index in [1.807, 2.05) is 6.07 Å². The second-order valence-electron chi connectivity index (χ2n) is 6.55. The van der Waals surface area contributed by atoms with Crippen LogP contribution in [0.15, 0.2) is 30.3 Å². The quantitative estimate of drug-likeness (QED) is 0.922. The lowest BCUT2D eigenvalue weighted by Crippen LogP contribution is -2.52. The van der Waals surface area contributed by atoms with Crippen LogP contribution in [0.1, 0.15) is 24.8 Å². The van der Waals surface area contributed by atoms with Gasteiger partial charge in [-0.25, -0.2) is 0 Å². The summed E-state index contributed by atoms with van der Waals surface area (Å²) in [6, 6.07) is 12.7. The third kappa shape index (κ3) is 4.07. The van der Waals surface area contributed by atoms with Gasteiger partial charge in [-0.05, 0) is 37.1 Å². The second-order valence-corrected chi connectivity index (χ2v) is 7.65. The molecule has 2 atom stereocenters. The lowest BCUT2D eigenvalue weighted by Gasteiger charge is -2.33. The number of nitrogens with one attached hydrogen (secondary N) is 1. The van der Waals surface area contributed by atoms with E-state index in [1.54, 1.807) is 11.8 Å². The Bertz CT molecular complexity index is 578. The first-order valence-corrected chi connectivity index (χ1v) is 9.43. The Balaban J connectivity index is 1.57. The summed E-state index contributed by atoms with van der Waals surface area (Å²) in [5, 5.41) is 12.5. The number of carbonyl (C=O) groups is 1. The first kappa shape index (κ1) is 16.4. The Morgan fingerprint density at radius 3 is 2.96 bits per heavy atom. The molecule has 3 rings (SSSR count). The predicted octanol–water partition coefficient (Wildman–Crippen LogP) is 2.41. The van der Waals surface area contributed by atoms with E-state index in [0.717, 1.165) is 50.4 Å². The second kappa shape index (κ2) is 7.37. The number of amides is 1. The minimum absolute atomic E-state index is 0.00304. The van der Waals surface area contributed by atoms with Gasteiger partial charge >= 0.3 is 0 Å². The molecule has 5 heteroatoms. The van der Waals surface area contributed by atoms with Gasteiger partial charge in [0.25, 0.3) is 0 Å². The van der Waals surface area contributed by atoms with E-state index < -0.39 is 5.54 Å². The van der Waals surface area contributed by atoms with Crippen molar-refractivity contribution in [3.05, 3.63) is 35.9 Å². The molecule has 0 aliphatic carbocycles. The Morgan fingerprint density at radius 2 is 2.26 bits per heavy atom. The lowest BCUT2D eigenvalue weighted by molar-refractivity contribution is -0.128. The molecule has 2 aliphatic heterocycles. The molecule has 2 saturated heterocycles. The summed E-state index contributed by atoms with van der Waals surface area (Å²) in [4.78, 5) is 15.0. The fourth-order valence-electron chi connectivity index (χ4n) is 3.37. The Labute approximate surface area is 142 Å². The fourth-order valence-corrected chi connectivity index (χ4v) is 4.64. The van der Waals surface area contributed by atoms with Gasteiger partial charge in [0, 0.05) is 18.8 Å². The van der Waals surface area contributed by atoms with E-state index in [4.69, 9.17) is 0 Å². The number of piperidine rings is 1. The summed E-state index contributed by atoms with van der Waals surface area (Å²) >= 11 is 1.75. The van der Waals surface area contributed by atoms with Gasteiger partial charge in [-0.1, -0.05) is 30.3 Å². The van der Waals surface area contributed by atoms with Crippen LogP contribution in [-0.2, 0) is 11.3 Å². The highest BCUT2D eigenvalue weighted by Gasteiger charge is 2.38. The van der Waals surface area contributed by atoms with Crippen molar-refractivity contribution >= 4 is 17.7 Å². The molecule has 0 spiro atoms. The van der Waals surface area contributed by atoms with E-state index in [1.165, 1.54) is 5.56 Å². The van der Waals surface area contributed by atoms with Crippen LogP contribution >= 0.6 is 11.8 Å². The predicted molar refractivity (Wildman–Crippen MR) is 92.9 cm³/mol. The standard InChI is InChI=1S/C18H23N3OS/c19-13-18(8-10-23-14-18)20-17(22)16-7-4-9-21(12-16)11-15-5-2-1-3-6-15/h1-3,5-6,16H,4,7-12,14H2,(H,20,22)/t16-,18+/m1/s1. The van der Waals surface area contributed by atoms with Crippen LogP contribution in [0.2, 0.25) is 0 Å². The number of nitriles is 1. The molecule has 0 radical (unpaired) electrons. The van der Waals surface area contributed by atoms with E-state index in [9.17, 15) is 10.1 Å². The van der Waals surface area contributed by atoms with E-state index in [0.29, 0.717) is 0 Å². The highest BCUT2D eigenvalue weighted by molar-refractivity contribution is 7.99. The number of carbonyl (C=O) groups excluding carboxylic acids is 1. The van der Waals surface area contributed by atoms with Gasteiger partial charge in [-0.3, -0.25) is 9.69 Å². The van der Waals surface area contributed by atoms with Gasteiger partial charge in [0.2, 0.25) is 5.91 Å². The lowest BCUT2D eigenvalue weighted by atomic mass is 9.94. The summed E-state index contributed by atoms with van der Waals surface area (Å²) in [6.45, 7) is 2.72. The van der Waals surface area contributed by atoms with Crippen molar-refractivity contribution in [2.45, 2.75) is 31.3 Å². The van der Waals surface area contributed by atoms with Gasteiger partial charge in [0.15, 0.2) is 0 Å². The molecule has 2 fully saturated rings. The zero-order valence-corrected chi connectivity index (χ0v) is 14.1. The van der Waals surface area contributed by atoms with Crippen LogP contribution in [0.3, 0.4) is 0 Å². The number of hydrogen-bond donors (Lipinski definition) is 1. The third-order valence-electron chi connectivity index (χ3n) is 4.72. The highest BCUT2D eigenvalue weighted by atomic mass is 32.2. The smallest absolute Gasteiger partial charge is 0.225 e. The molecule has 2 aliphatic rings. The Morgan fingerprint density at radius 1 is 1.43 bits per heavy atom. The molecule has 23 heavy (non-hydrogen) atoms. The minimum Gasteiger partial charge on any atom is -0.337 e. The average molecular weight is 329 g/mol. The molecular weight excluding hydrogens is 306 g/mol. The molecule has 0 saturated carbocycles. The summed E-state index contributed by atoms with van der Waals surface area (Å²) in [7, 11) is 0. The largest absolute Gasteiger partial charge is 0.337 e. The fraction of sp³-hybridized carbons (Fsp3) is 0.556. The summed E-state index contributed by atoms with van der Waals surface area (Å²) in [5.74, 6) is 1.74. The zero-order chi connectivity index (χ0) is 16.1. The van der Waals surface area contributed by atoms with Crippen LogP contribution in [-0.4, -0.2) is 40.9 Å². The van der Waals surface area contributed by atoms with Crippen molar-refractivity contribution in [2.75, 3.05) is 24.6 Å². The van der Waals surface area contributed by atoms with Crippen LogP contribution in [0.5, 0.6) is 0 Å². The number of nitrogens with zero attached hydrogens (tertiary/aromatic N) is 2. The van der Waals surface area contributed by atoms with Crippen molar-refractivity contribution in [3.63, 3.8) is 0 Å². The van der Waals surface area contributed by atoms with Crippen molar-refractivity contribution in [2.24, 2.45) is 5.92 Å². The topological polar surface area (TPSA) is 56.1 Å².